The van der Waals surface area contributed by atoms with Crippen LogP contribution in [0.4, 0.5) is 0 Å². The number of pyridine rings is 1. The maximum Gasteiger partial charge on any atom is 0.255 e. The number of hydrogen-bond donors (Lipinski definition) is 0. The van der Waals surface area contributed by atoms with Crippen LogP contribution in [0.2, 0.25) is 10.0 Å². The summed E-state index contributed by atoms with van der Waals surface area (Å²) in [5, 5.41) is 0.874. The highest BCUT2D eigenvalue weighted by atomic mass is 35.5. The van der Waals surface area contributed by atoms with Crippen LogP contribution in [0, 0.1) is 6.92 Å². The second-order valence-electron chi connectivity index (χ2n) is 5.19. The van der Waals surface area contributed by atoms with Crippen LogP contribution in [0.3, 0.4) is 0 Å². The molecule has 0 bridgehead atoms. The Labute approximate surface area is 138 Å². The quantitative estimate of drug-likeness (QED) is 0.859. The zero-order valence-electron chi connectivity index (χ0n) is 11.9. The van der Waals surface area contributed by atoms with Crippen molar-refractivity contribution < 1.29 is 9.53 Å². The molecule has 0 radical (unpaired) electrons. The Morgan fingerprint density at radius 3 is 2.73 bits per heavy atom. The highest BCUT2D eigenvalue weighted by molar-refractivity contribution is 6.36. The number of rotatable bonds is 3. The third kappa shape index (κ3) is 3.18. The molecule has 1 aliphatic rings. The molecular formula is C16H14Cl2N2O2. The average molecular weight is 337 g/mol. The number of likely N-dealkylation sites (tertiary alicyclic amines) is 1. The first kappa shape index (κ1) is 15.1. The highest BCUT2D eigenvalue weighted by Gasteiger charge is 2.33. The van der Waals surface area contributed by atoms with Gasteiger partial charge in [-0.05, 0) is 31.2 Å². The van der Waals surface area contributed by atoms with Gasteiger partial charge in [-0.15, -0.1) is 0 Å². The molecule has 2 aromatic rings. The fourth-order valence-corrected chi connectivity index (χ4v) is 2.76. The van der Waals surface area contributed by atoms with E-state index < -0.39 is 0 Å². The lowest BCUT2D eigenvalue weighted by Gasteiger charge is -2.38. The van der Waals surface area contributed by atoms with E-state index in [2.05, 4.69) is 4.98 Å². The summed E-state index contributed by atoms with van der Waals surface area (Å²) in [6, 6.07) is 10.5. The minimum absolute atomic E-state index is 0.0377. The number of carbonyl (C=O) groups excluding carboxylic acids is 1. The molecule has 0 atom stereocenters. The van der Waals surface area contributed by atoms with Crippen LogP contribution in [0.5, 0.6) is 5.88 Å². The number of amides is 1. The lowest BCUT2D eigenvalue weighted by atomic mass is 10.1. The number of ether oxygens (including phenoxy) is 1. The molecule has 6 heteroatoms. The number of halogens is 2. The molecule has 0 aliphatic carbocycles. The zero-order valence-corrected chi connectivity index (χ0v) is 13.4. The molecular weight excluding hydrogens is 323 g/mol. The van der Waals surface area contributed by atoms with Crippen molar-refractivity contribution in [3.05, 3.63) is 57.7 Å². The number of hydrogen-bond acceptors (Lipinski definition) is 3. The van der Waals surface area contributed by atoms with Crippen LogP contribution >= 0.6 is 23.2 Å². The monoisotopic (exact) mass is 336 g/mol. The second kappa shape index (κ2) is 6.15. The van der Waals surface area contributed by atoms with Crippen molar-refractivity contribution in [2.75, 3.05) is 13.1 Å². The van der Waals surface area contributed by atoms with Crippen LogP contribution in [0.25, 0.3) is 0 Å². The normalized spacial score (nSPS) is 14.6. The lowest BCUT2D eigenvalue weighted by Crippen LogP contribution is -2.56. The molecule has 22 heavy (non-hydrogen) atoms. The first-order chi connectivity index (χ1) is 10.5. The Kier molecular flexibility index (Phi) is 4.23. The van der Waals surface area contributed by atoms with Gasteiger partial charge in [-0.25, -0.2) is 4.98 Å². The Hall–Kier alpha value is -1.78. The summed E-state index contributed by atoms with van der Waals surface area (Å²) in [7, 11) is 0. The minimum Gasteiger partial charge on any atom is -0.471 e. The van der Waals surface area contributed by atoms with E-state index >= 15 is 0 Å². The first-order valence-corrected chi connectivity index (χ1v) is 7.63. The number of aryl methyl sites for hydroxylation is 1. The molecule has 0 N–H and O–H groups in total. The summed E-state index contributed by atoms with van der Waals surface area (Å²) in [5.74, 6) is 0.473. The molecule has 1 aliphatic heterocycles. The first-order valence-electron chi connectivity index (χ1n) is 6.87. The third-order valence-electron chi connectivity index (χ3n) is 3.45. The van der Waals surface area contributed by atoms with Gasteiger partial charge in [-0.2, -0.15) is 0 Å². The minimum atomic E-state index is -0.112. The fourth-order valence-electron chi connectivity index (χ4n) is 2.27. The van der Waals surface area contributed by atoms with E-state index in [1.165, 1.54) is 0 Å². The van der Waals surface area contributed by atoms with Crippen LogP contribution in [0.1, 0.15) is 16.1 Å². The van der Waals surface area contributed by atoms with E-state index in [9.17, 15) is 4.79 Å². The Morgan fingerprint density at radius 1 is 1.27 bits per heavy atom. The van der Waals surface area contributed by atoms with Gasteiger partial charge in [0.25, 0.3) is 5.91 Å². The molecule has 1 fully saturated rings. The van der Waals surface area contributed by atoms with Crippen molar-refractivity contribution in [2.24, 2.45) is 0 Å². The van der Waals surface area contributed by atoms with Gasteiger partial charge in [-0.3, -0.25) is 4.79 Å². The van der Waals surface area contributed by atoms with Gasteiger partial charge in [0.2, 0.25) is 5.88 Å². The van der Waals surface area contributed by atoms with E-state index in [0.717, 1.165) is 5.69 Å². The van der Waals surface area contributed by atoms with Gasteiger partial charge < -0.3 is 9.64 Å². The van der Waals surface area contributed by atoms with E-state index in [1.54, 1.807) is 23.1 Å². The summed E-state index contributed by atoms with van der Waals surface area (Å²) in [4.78, 5) is 18.3. The molecule has 1 amide bonds. The van der Waals surface area contributed by atoms with Crippen LogP contribution in [0.15, 0.2) is 36.4 Å². The average Bonchev–Trinajstić information content (AvgIpc) is 2.42. The van der Waals surface area contributed by atoms with E-state index in [4.69, 9.17) is 27.9 Å². The van der Waals surface area contributed by atoms with Crippen LogP contribution in [-0.4, -0.2) is 35.0 Å². The van der Waals surface area contributed by atoms with E-state index in [1.807, 2.05) is 25.1 Å². The van der Waals surface area contributed by atoms with E-state index in [-0.39, 0.29) is 12.0 Å². The summed E-state index contributed by atoms with van der Waals surface area (Å²) in [6.45, 7) is 2.95. The van der Waals surface area contributed by atoms with Crippen molar-refractivity contribution in [3.8, 4) is 5.88 Å². The number of nitrogens with zero attached hydrogens (tertiary/aromatic N) is 2. The Morgan fingerprint density at radius 2 is 2.05 bits per heavy atom. The SMILES string of the molecule is Cc1cccc(OC2CN(C(=O)c3ccc(Cl)cc3Cl)C2)n1. The summed E-state index contributed by atoms with van der Waals surface area (Å²) >= 11 is 11.9. The molecule has 1 aromatic carbocycles. The maximum absolute atomic E-state index is 12.3. The van der Waals surface area contributed by atoms with Crippen LogP contribution in [-0.2, 0) is 0 Å². The van der Waals surface area contributed by atoms with Gasteiger partial charge in [-0.1, -0.05) is 29.3 Å². The molecule has 1 aromatic heterocycles. The summed E-state index contributed by atoms with van der Waals surface area (Å²) < 4.78 is 5.74. The third-order valence-corrected chi connectivity index (χ3v) is 3.99. The summed E-state index contributed by atoms with van der Waals surface area (Å²) in [5.41, 5.74) is 1.36. The fraction of sp³-hybridized carbons (Fsp3) is 0.250. The van der Waals surface area contributed by atoms with Crippen molar-refractivity contribution in [1.82, 2.24) is 9.88 Å². The van der Waals surface area contributed by atoms with Gasteiger partial charge in [0, 0.05) is 16.8 Å². The van der Waals surface area contributed by atoms with Crippen molar-refractivity contribution in [2.45, 2.75) is 13.0 Å². The van der Waals surface area contributed by atoms with E-state index in [0.29, 0.717) is 34.6 Å². The smallest absolute Gasteiger partial charge is 0.255 e. The lowest BCUT2D eigenvalue weighted by molar-refractivity contribution is 0.0159. The van der Waals surface area contributed by atoms with Gasteiger partial charge >= 0.3 is 0 Å². The Bertz CT molecular complexity index is 715. The number of carbonyl (C=O) groups is 1. The molecule has 4 nitrogen and oxygen atoms in total. The topological polar surface area (TPSA) is 42.4 Å². The predicted molar refractivity (Wildman–Crippen MR) is 85.8 cm³/mol. The second-order valence-corrected chi connectivity index (χ2v) is 6.04. The van der Waals surface area contributed by atoms with Gasteiger partial charge in [0.05, 0.1) is 23.7 Å². The molecule has 0 unspecified atom stereocenters. The van der Waals surface area contributed by atoms with Gasteiger partial charge in [0.1, 0.15) is 6.10 Å². The molecule has 114 valence electrons. The molecule has 1 saturated heterocycles. The summed E-state index contributed by atoms with van der Waals surface area (Å²) in [6.07, 6.45) is -0.0377. The van der Waals surface area contributed by atoms with Crippen molar-refractivity contribution in [3.63, 3.8) is 0 Å². The van der Waals surface area contributed by atoms with Crippen molar-refractivity contribution >= 4 is 29.1 Å². The van der Waals surface area contributed by atoms with Crippen LogP contribution < -0.4 is 4.74 Å². The number of aromatic nitrogens is 1. The highest BCUT2D eigenvalue weighted by Crippen LogP contribution is 2.25. The largest absolute Gasteiger partial charge is 0.471 e. The molecule has 0 saturated carbocycles. The predicted octanol–water partition coefficient (Wildman–Crippen LogP) is 3.60. The number of benzene rings is 1. The standard InChI is InChI=1S/C16H14Cl2N2O2/c1-10-3-2-4-15(19-10)22-12-8-20(9-12)16(21)13-6-5-11(17)7-14(13)18/h2-7,12H,8-9H2,1H3. The van der Waals surface area contributed by atoms with Gasteiger partial charge in [0.15, 0.2) is 0 Å². The van der Waals surface area contributed by atoms with Crippen molar-refractivity contribution in [1.29, 1.82) is 0 Å². The maximum atomic E-state index is 12.3. The molecule has 3 rings (SSSR count). The Balaban J connectivity index is 1.60. The zero-order chi connectivity index (χ0) is 15.7. The molecule has 0 spiro atoms. The molecule has 2 heterocycles.